The fourth-order valence-corrected chi connectivity index (χ4v) is 3.23. The van der Waals surface area contributed by atoms with E-state index >= 15 is 0 Å². The number of anilines is 1. The average Bonchev–Trinajstić information content (AvgIpc) is 3.36. The molecule has 1 fully saturated rings. The summed E-state index contributed by atoms with van der Waals surface area (Å²) in [6, 6.07) is 11.9. The van der Waals surface area contributed by atoms with Gasteiger partial charge in [-0.05, 0) is 12.5 Å². The number of hydrogen-bond donors (Lipinski definition) is 0. The molecule has 0 N–H and O–H groups in total. The molecule has 3 aromatic rings. The van der Waals surface area contributed by atoms with Crippen molar-refractivity contribution in [2.75, 3.05) is 18.0 Å². The van der Waals surface area contributed by atoms with E-state index < -0.39 is 24.0 Å². The Morgan fingerprint density at radius 1 is 1.14 bits per heavy atom. The molecule has 0 amide bonds. The van der Waals surface area contributed by atoms with E-state index in [1.54, 1.807) is 36.4 Å². The van der Waals surface area contributed by atoms with Gasteiger partial charge in [0.05, 0.1) is 0 Å². The van der Waals surface area contributed by atoms with Crippen LogP contribution < -0.4 is 4.90 Å². The minimum absolute atomic E-state index is 0.0739. The van der Waals surface area contributed by atoms with Crippen molar-refractivity contribution in [3.63, 3.8) is 0 Å². The monoisotopic (exact) mass is 386 g/mol. The van der Waals surface area contributed by atoms with E-state index in [1.807, 2.05) is 0 Å². The van der Waals surface area contributed by atoms with Gasteiger partial charge in [-0.25, -0.2) is 9.97 Å². The van der Waals surface area contributed by atoms with Crippen molar-refractivity contribution < 1.29 is 17.7 Å². The molecule has 1 aliphatic heterocycles. The fourth-order valence-electron chi connectivity index (χ4n) is 3.23. The molecule has 3 heterocycles. The van der Waals surface area contributed by atoms with Gasteiger partial charge in [-0.15, -0.1) is 0 Å². The number of halogens is 3. The van der Waals surface area contributed by atoms with Crippen LogP contribution >= 0.6 is 0 Å². The Morgan fingerprint density at radius 2 is 1.93 bits per heavy atom. The minimum Gasteiger partial charge on any atom is -0.355 e. The molecule has 2 aromatic heterocycles. The van der Waals surface area contributed by atoms with Crippen LogP contribution in [0.2, 0.25) is 0 Å². The molecule has 142 valence electrons. The van der Waals surface area contributed by atoms with E-state index in [2.05, 4.69) is 20.1 Å². The van der Waals surface area contributed by atoms with Crippen molar-refractivity contribution in [3.05, 3.63) is 54.3 Å². The Morgan fingerprint density at radius 3 is 2.64 bits per heavy atom. The zero-order valence-electron chi connectivity index (χ0n) is 14.4. The third-order valence-electron chi connectivity index (χ3n) is 4.74. The number of aromatic nitrogens is 4. The van der Waals surface area contributed by atoms with Crippen LogP contribution in [0.25, 0.3) is 11.4 Å². The van der Waals surface area contributed by atoms with E-state index in [4.69, 9.17) is 9.78 Å². The zero-order chi connectivity index (χ0) is 19.8. The molecule has 28 heavy (non-hydrogen) atoms. The Bertz CT molecular complexity index is 1030. The summed E-state index contributed by atoms with van der Waals surface area (Å²) >= 11 is 0. The molecule has 0 spiro atoms. The molecule has 1 aliphatic rings. The topological polar surface area (TPSA) is 91.7 Å². The predicted molar refractivity (Wildman–Crippen MR) is 91.0 cm³/mol. The van der Waals surface area contributed by atoms with Gasteiger partial charge in [0, 0.05) is 24.8 Å². The SMILES string of the molecule is N#Cc1nccc(N2CCC(c3nc(-c4ccccc4)no3)(C(F)(F)F)C2)n1. The third kappa shape index (κ3) is 2.94. The smallest absolute Gasteiger partial charge is 0.355 e. The van der Waals surface area contributed by atoms with Gasteiger partial charge in [0.1, 0.15) is 11.9 Å². The molecule has 4 rings (SSSR count). The first kappa shape index (κ1) is 17.9. The number of hydrogen-bond acceptors (Lipinski definition) is 7. The van der Waals surface area contributed by atoms with Crippen LogP contribution in [0.5, 0.6) is 0 Å². The lowest BCUT2D eigenvalue weighted by Gasteiger charge is -2.28. The van der Waals surface area contributed by atoms with Crippen LogP contribution in [0.1, 0.15) is 18.1 Å². The molecule has 7 nitrogen and oxygen atoms in total. The highest BCUT2D eigenvalue weighted by molar-refractivity contribution is 5.54. The van der Waals surface area contributed by atoms with Gasteiger partial charge in [0.2, 0.25) is 17.5 Å². The summed E-state index contributed by atoms with van der Waals surface area (Å²) in [5, 5.41) is 12.7. The van der Waals surface area contributed by atoms with Crippen LogP contribution in [0, 0.1) is 11.3 Å². The summed E-state index contributed by atoms with van der Waals surface area (Å²) in [6.07, 6.45) is -3.53. The maximum absolute atomic E-state index is 14.1. The van der Waals surface area contributed by atoms with Crippen molar-refractivity contribution in [3.8, 4) is 17.5 Å². The number of benzene rings is 1. The van der Waals surface area contributed by atoms with Crippen molar-refractivity contribution in [2.45, 2.75) is 18.0 Å². The number of nitrogens with zero attached hydrogens (tertiary/aromatic N) is 6. The number of alkyl halides is 3. The molecule has 1 saturated heterocycles. The summed E-state index contributed by atoms with van der Waals surface area (Å²) in [4.78, 5) is 13.2. The largest absolute Gasteiger partial charge is 0.405 e. The van der Waals surface area contributed by atoms with Gasteiger partial charge in [0.15, 0.2) is 5.41 Å². The lowest BCUT2D eigenvalue weighted by atomic mass is 9.86. The molecule has 10 heteroatoms. The maximum atomic E-state index is 14.1. The standard InChI is InChI=1S/C18H13F3N6O/c19-18(20,21)17(16-25-15(26-28-16)12-4-2-1-3-5-12)7-9-27(11-17)14-6-8-23-13(10-22)24-14/h1-6,8H,7,9,11H2. The van der Waals surface area contributed by atoms with Gasteiger partial charge < -0.3 is 9.42 Å². The second kappa shape index (κ2) is 6.60. The van der Waals surface area contributed by atoms with E-state index in [1.165, 1.54) is 17.2 Å². The lowest BCUT2D eigenvalue weighted by Crippen LogP contribution is -2.45. The van der Waals surface area contributed by atoms with E-state index in [0.29, 0.717) is 5.56 Å². The fraction of sp³-hybridized carbons (Fsp3) is 0.278. The second-order valence-corrected chi connectivity index (χ2v) is 6.39. The van der Waals surface area contributed by atoms with Crippen LogP contribution in [-0.2, 0) is 5.41 Å². The average molecular weight is 386 g/mol. The van der Waals surface area contributed by atoms with Gasteiger partial charge in [-0.2, -0.15) is 23.4 Å². The second-order valence-electron chi connectivity index (χ2n) is 6.39. The van der Waals surface area contributed by atoms with Crippen LogP contribution in [0.15, 0.2) is 47.1 Å². The highest BCUT2D eigenvalue weighted by Gasteiger charge is 2.63. The zero-order valence-corrected chi connectivity index (χ0v) is 14.4. The summed E-state index contributed by atoms with van der Waals surface area (Å²) in [6.45, 7) is -0.362. The van der Waals surface area contributed by atoms with E-state index in [-0.39, 0.29) is 30.4 Å². The Labute approximate surface area is 157 Å². The Kier molecular flexibility index (Phi) is 4.22. The summed E-state index contributed by atoms with van der Waals surface area (Å²) < 4.78 is 47.4. The first-order valence-electron chi connectivity index (χ1n) is 8.37. The number of rotatable bonds is 3. The van der Waals surface area contributed by atoms with Crippen molar-refractivity contribution in [1.29, 1.82) is 5.26 Å². The van der Waals surface area contributed by atoms with Crippen LogP contribution in [0.3, 0.4) is 0 Å². The first-order valence-corrected chi connectivity index (χ1v) is 8.37. The van der Waals surface area contributed by atoms with Gasteiger partial charge in [-0.1, -0.05) is 35.5 Å². The van der Waals surface area contributed by atoms with E-state index in [9.17, 15) is 13.2 Å². The first-order chi connectivity index (χ1) is 13.4. The molecule has 0 radical (unpaired) electrons. The molecule has 1 unspecified atom stereocenters. The Hall–Kier alpha value is -3.48. The summed E-state index contributed by atoms with van der Waals surface area (Å²) in [7, 11) is 0. The molecule has 0 bridgehead atoms. The lowest BCUT2D eigenvalue weighted by molar-refractivity contribution is -0.191. The maximum Gasteiger partial charge on any atom is 0.405 e. The summed E-state index contributed by atoms with van der Waals surface area (Å²) in [5.74, 6) is -0.228. The molecular formula is C18H13F3N6O. The van der Waals surface area contributed by atoms with E-state index in [0.717, 1.165) is 0 Å². The van der Waals surface area contributed by atoms with Crippen LogP contribution in [-0.4, -0.2) is 39.4 Å². The quantitative estimate of drug-likeness (QED) is 0.683. The molecule has 1 atom stereocenters. The van der Waals surface area contributed by atoms with Gasteiger partial charge >= 0.3 is 6.18 Å². The molecular weight excluding hydrogens is 373 g/mol. The summed E-state index contributed by atoms with van der Waals surface area (Å²) in [5.41, 5.74) is -1.75. The van der Waals surface area contributed by atoms with Crippen molar-refractivity contribution in [1.82, 2.24) is 20.1 Å². The molecule has 1 aromatic carbocycles. The number of nitriles is 1. The third-order valence-corrected chi connectivity index (χ3v) is 4.74. The highest BCUT2D eigenvalue weighted by Crippen LogP contribution is 2.48. The van der Waals surface area contributed by atoms with Crippen LogP contribution in [0.4, 0.5) is 19.0 Å². The molecule has 0 saturated carbocycles. The van der Waals surface area contributed by atoms with Gasteiger partial charge in [-0.3, -0.25) is 0 Å². The van der Waals surface area contributed by atoms with Crippen molar-refractivity contribution >= 4 is 5.82 Å². The highest BCUT2D eigenvalue weighted by atomic mass is 19.4. The minimum atomic E-state index is -4.60. The van der Waals surface area contributed by atoms with Gasteiger partial charge in [0.25, 0.3) is 0 Å². The normalized spacial score (nSPS) is 19.6. The van der Waals surface area contributed by atoms with Crippen molar-refractivity contribution in [2.24, 2.45) is 0 Å². The molecule has 0 aliphatic carbocycles. The predicted octanol–water partition coefficient (Wildman–Crippen LogP) is 3.11. The Balaban J connectivity index is 1.70.